The number of rotatable bonds is 1. The molecule has 8 nitrogen and oxygen atoms in total. The van der Waals surface area contributed by atoms with Gasteiger partial charge in [-0.25, -0.2) is 19.6 Å². The van der Waals surface area contributed by atoms with Crippen LogP contribution in [0.5, 0.6) is 0 Å². The lowest BCUT2D eigenvalue weighted by molar-refractivity contribution is 0.0174. The highest BCUT2D eigenvalue weighted by Crippen LogP contribution is 2.20. The topological polar surface area (TPSA) is 87.7 Å². The molecular formula is C14H19Cl2N5O3. The van der Waals surface area contributed by atoms with Crippen LogP contribution in [0.3, 0.4) is 0 Å². The summed E-state index contributed by atoms with van der Waals surface area (Å²) >= 11 is 11.5. The molecule has 132 valence electrons. The van der Waals surface area contributed by atoms with Gasteiger partial charge < -0.3 is 19.9 Å². The molecule has 2 rings (SSSR count). The van der Waals surface area contributed by atoms with E-state index >= 15 is 0 Å². The second kappa shape index (κ2) is 7.40. The van der Waals surface area contributed by atoms with E-state index in [1.807, 2.05) is 20.8 Å². The van der Waals surface area contributed by atoms with Crippen molar-refractivity contribution in [3.05, 3.63) is 16.6 Å². The molecule has 1 aliphatic heterocycles. The zero-order valence-corrected chi connectivity index (χ0v) is 15.2. The van der Waals surface area contributed by atoms with Gasteiger partial charge in [0.1, 0.15) is 5.60 Å². The Balaban J connectivity index is 1.87. The molecule has 0 saturated carbocycles. The van der Waals surface area contributed by atoms with Crippen molar-refractivity contribution in [2.75, 3.05) is 31.5 Å². The van der Waals surface area contributed by atoms with Crippen molar-refractivity contribution in [1.29, 1.82) is 0 Å². The minimum atomic E-state index is -0.545. The van der Waals surface area contributed by atoms with Crippen LogP contribution in [0.15, 0.2) is 6.20 Å². The molecule has 0 bridgehead atoms. The summed E-state index contributed by atoms with van der Waals surface area (Å²) in [5.41, 5.74) is -0.266. The number of hydrogen-bond donors (Lipinski definition) is 1. The first-order valence-corrected chi connectivity index (χ1v) is 8.13. The fourth-order valence-corrected chi connectivity index (χ4v) is 2.39. The third kappa shape index (κ3) is 5.10. The van der Waals surface area contributed by atoms with Crippen LogP contribution in [0.25, 0.3) is 0 Å². The van der Waals surface area contributed by atoms with Crippen molar-refractivity contribution >= 4 is 41.0 Å². The predicted molar refractivity (Wildman–Crippen MR) is 90.5 cm³/mol. The highest BCUT2D eigenvalue weighted by atomic mass is 35.5. The average molecular weight is 376 g/mol. The van der Waals surface area contributed by atoms with E-state index in [-0.39, 0.29) is 28.2 Å². The quantitative estimate of drug-likeness (QED) is 0.602. The van der Waals surface area contributed by atoms with Gasteiger partial charge in [-0.1, -0.05) is 11.6 Å². The summed E-state index contributed by atoms with van der Waals surface area (Å²) in [6, 6.07) is -0.341. The first-order chi connectivity index (χ1) is 11.2. The third-order valence-electron chi connectivity index (χ3n) is 3.17. The molecule has 1 aliphatic rings. The second-order valence-electron chi connectivity index (χ2n) is 6.23. The highest BCUT2D eigenvalue weighted by molar-refractivity contribution is 6.34. The number of ether oxygens (including phenoxy) is 1. The van der Waals surface area contributed by atoms with Gasteiger partial charge >= 0.3 is 12.1 Å². The maximum atomic E-state index is 12.2. The van der Waals surface area contributed by atoms with Crippen molar-refractivity contribution in [3.63, 3.8) is 0 Å². The number of carbonyl (C=O) groups excluding carboxylic acids is 2. The zero-order valence-electron chi connectivity index (χ0n) is 13.7. The maximum absolute atomic E-state index is 12.2. The molecule has 3 amide bonds. The molecule has 1 aromatic heterocycles. The standard InChI is InChI=1S/C14H19Cl2N5O3/c1-14(2,3)24-13(23)21-6-4-20(5-7-21)12(22)18-9-8-17-11(16)19-10(9)15/h8H,4-7H2,1-3H3,(H,18,22). The molecule has 0 unspecified atom stereocenters. The van der Waals surface area contributed by atoms with Gasteiger partial charge in [-0.2, -0.15) is 0 Å². The van der Waals surface area contributed by atoms with E-state index < -0.39 is 5.60 Å². The fraction of sp³-hybridized carbons (Fsp3) is 0.571. The van der Waals surface area contributed by atoms with Gasteiger partial charge in [0.15, 0.2) is 5.15 Å². The van der Waals surface area contributed by atoms with Crippen molar-refractivity contribution in [2.45, 2.75) is 26.4 Å². The fourth-order valence-electron chi connectivity index (χ4n) is 2.04. The van der Waals surface area contributed by atoms with Crippen molar-refractivity contribution < 1.29 is 14.3 Å². The molecule has 10 heteroatoms. The molecule has 0 radical (unpaired) electrons. The van der Waals surface area contributed by atoms with Crippen LogP contribution in [0.2, 0.25) is 10.4 Å². The Morgan fingerprint density at radius 1 is 1.17 bits per heavy atom. The molecule has 0 spiro atoms. The van der Waals surface area contributed by atoms with Crippen LogP contribution < -0.4 is 5.32 Å². The molecule has 0 aromatic carbocycles. The lowest BCUT2D eigenvalue weighted by Crippen LogP contribution is -2.52. The lowest BCUT2D eigenvalue weighted by atomic mass is 10.2. The second-order valence-corrected chi connectivity index (χ2v) is 6.92. The minimum absolute atomic E-state index is 0.00368. The zero-order chi connectivity index (χ0) is 17.9. The van der Waals surface area contributed by atoms with Gasteiger partial charge in [-0.15, -0.1) is 0 Å². The van der Waals surface area contributed by atoms with E-state index in [0.717, 1.165) is 0 Å². The van der Waals surface area contributed by atoms with E-state index in [1.54, 1.807) is 9.80 Å². The summed E-state index contributed by atoms with van der Waals surface area (Å²) in [5, 5.41) is 2.70. The number of nitrogens with zero attached hydrogens (tertiary/aromatic N) is 4. The van der Waals surface area contributed by atoms with Gasteiger partial charge in [-0.3, -0.25) is 0 Å². The number of carbonyl (C=O) groups is 2. The maximum Gasteiger partial charge on any atom is 0.410 e. The summed E-state index contributed by atoms with van der Waals surface area (Å²) in [6.07, 6.45) is 0.962. The number of urea groups is 1. The van der Waals surface area contributed by atoms with Gasteiger partial charge in [-0.05, 0) is 32.4 Å². The predicted octanol–water partition coefficient (Wildman–Crippen LogP) is 2.87. The number of anilines is 1. The molecule has 0 aliphatic carbocycles. The Labute approximate surface area is 150 Å². The van der Waals surface area contributed by atoms with E-state index in [9.17, 15) is 9.59 Å². The van der Waals surface area contributed by atoms with E-state index in [2.05, 4.69) is 15.3 Å². The largest absolute Gasteiger partial charge is 0.444 e. The molecule has 1 saturated heterocycles. The SMILES string of the molecule is CC(C)(C)OC(=O)N1CCN(C(=O)Nc2cnc(Cl)nc2Cl)CC1. The van der Waals surface area contributed by atoms with Crippen LogP contribution in [-0.4, -0.2) is 63.7 Å². The van der Waals surface area contributed by atoms with Crippen LogP contribution in [0.4, 0.5) is 15.3 Å². The Morgan fingerprint density at radius 3 is 2.29 bits per heavy atom. The normalized spacial score (nSPS) is 15.2. The van der Waals surface area contributed by atoms with Crippen LogP contribution in [0, 0.1) is 0 Å². The van der Waals surface area contributed by atoms with Gasteiger partial charge in [0.25, 0.3) is 0 Å². The van der Waals surface area contributed by atoms with Gasteiger partial charge in [0.05, 0.1) is 11.9 Å². The molecule has 1 N–H and O–H groups in total. The average Bonchev–Trinajstić information content (AvgIpc) is 2.48. The summed E-state index contributed by atoms with van der Waals surface area (Å²) in [5.74, 6) is 0. The summed E-state index contributed by atoms with van der Waals surface area (Å²) in [6.45, 7) is 7.00. The van der Waals surface area contributed by atoms with Gasteiger partial charge in [0, 0.05) is 26.2 Å². The smallest absolute Gasteiger partial charge is 0.410 e. The van der Waals surface area contributed by atoms with Crippen LogP contribution >= 0.6 is 23.2 Å². The number of nitrogens with one attached hydrogen (secondary N) is 1. The number of amides is 3. The lowest BCUT2D eigenvalue weighted by Gasteiger charge is -2.35. The molecule has 1 aromatic rings. The van der Waals surface area contributed by atoms with E-state index in [0.29, 0.717) is 26.2 Å². The highest BCUT2D eigenvalue weighted by Gasteiger charge is 2.27. The molecule has 0 atom stereocenters. The molecule has 1 fully saturated rings. The summed E-state index contributed by atoms with van der Waals surface area (Å²) < 4.78 is 5.32. The monoisotopic (exact) mass is 375 g/mol. The minimum Gasteiger partial charge on any atom is -0.444 e. The van der Waals surface area contributed by atoms with E-state index in [4.69, 9.17) is 27.9 Å². The number of halogens is 2. The van der Waals surface area contributed by atoms with Crippen molar-refractivity contribution in [1.82, 2.24) is 19.8 Å². The molecule has 24 heavy (non-hydrogen) atoms. The van der Waals surface area contributed by atoms with Crippen molar-refractivity contribution in [2.24, 2.45) is 0 Å². The number of piperazine rings is 1. The van der Waals surface area contributed by atoms with E-state index in [1.165, 1.54) is 6.20 Å². The first-order valence-electron chi connectivity index (χ1n) is 7.37. The third-order valence-corrected chi connectivity index (χ3v) is 3.64. The van der Waals surface area contributed by atoms with Crippen LogP contribution in [-0.2, 0) is 4.74 Å². The number of aromatic nitrogens is 2. The Hall–Kier alpha value is -1.80. The number of hydrogen-bond acceptors (Lipinski definition) is 5. The Morgan fingerprint density at radius 2 is 1.75 bits per heavy atom. The Kier molecular flexibility index (Phi) is 5.71. The Bertz CT molecular complexity index is 627. The van der Waals surface area contributed by atoms with Crippen molar-refractivity contribution in [3.8, 4) is 0 Å². The summed E-state index contributed by atoms with van der Waals surface area (Å²) in [4.78, 5) is 34.9. The first kappa shape index (κ1) is 18.5. The van der Waals surface area contributed by atoms with Gasteiger partial charge in [0.2, 0.25) is 5.28 Å². The molecule has 2 heterocycles. The van der Waals surface area contributed by atoms with Crippen LogP contribution in [0.1, 0.15) is 20.8 Å². The molecular weight excluding hydrogens is 357 g/mol. The summed E-state index contributed by atoms with van der Waals surface area (Å²) in [7, 11) is 0.